The number of benzene rings is 1. The van der Waals surface area contributed by atoms with Crippen LogP contribution in [0, 0.1) is 6.07 Å². The Morgan fingerprint density at radius 2 is 2.00 bits per heavy atom. The first-order valence-electron chi connectivity index (χ1n) is 2.21. The van der Waals surface area contributed by atoms with Crippen molar-refractivity contribution in [1.82, 2.24) is 0 Å². The molecule has 41 valence electrons. The van der Waals surface area contributed by atoms with Gasteiger partial charge in [-0.05, 0) is 18.2 Å². The monoisotopic (exact) mass is 125 g/mol. The summed E-state index contributed by atoms with van der Waals surface area (Å²) >= 11 is 0.749. The topological polar surface area (TPSA) is 20.2 Å². The minimum atomic E-state index is 0.749. The quantitative estimate of drug-likeness (QED) is 0.580. The molecule has 0 fully saturated rings. The Balaban J connectivity index is 2.83. The molecule has 1 aromatic rings. The highest BCUT2D eigenvalue weighted by Crippen LogP contribution is 2.10. The molecule has 0 saturated heterocycles. The van der Waals surface area contributed by atoms with Gasteiger partial charge in [-0.15, -0.1) is 0 Å². The van der Waals surface area contributed by atoms with Gasteiger partial charge in [-0.3, -0.25) is 0 Å². The molecular formula is C6H5OS. The minimum absolute atomic E-state index is 0.749. The van der Waals surface area contributed by atoms with Crippen LogP contribution in [-0.4, -0.2) is 4.55 Å². The highest BCUT2D eigenvalue weighted by atomic mass is 32.2. The Morgan fingerprint density at radius 3 is 2.38 bits per heavy atom. The highest BCUT2D eigenvalue weighted by molar-refractivity contribution is 7.93. The molecule has 1 aromatic carbocycles. The molecule has 0 aliphatic carbocycles. The van der Waals surface area contributed by atoms with E-state index in [1.165, 1.54) is 0 Å². The van der Waals surface area contributed by atoms with Crippen molar-refractivity contribution in [3.63, 3.8) is 0 Å². The molecule has 0 aromatic heterocycles. The number of rotatable bonds is 1. The fraction of sp³-hybridized carbons (Fsp3) is 0. The zero-order valence-electron chi connectivity index (χ0n) is 4.16. The van der Waals surface area contributed by atoms with Gasteiger partial charge >= 0.3 is 0 Å². The van der Waals surface area contributed by atoms with Crippen LogP contribution < -0.4 is 0 Å². The lowest BCUT2D eigenvalue weighted by atomic mass is 10.4. The molecular weight excluding hydrogens is 120 g/mol. The lowest BCUT2D eigenvalue weighted by Gasteiger charge is -1.87. The maximum atomic E-state index is 8.44. The summed E-state index contributed by atoms with van der Waals surface area (Å²) in [4.78, 5) is 0.851. The van der Waals surface area contributed by atoms with Crippen LogP contribution in [0.4, 0.5) is 0 Å². The summed E-state index contributed by atoms with van der Waals surface area (Å²) in [6, 6.07) is 9.96. The third kappa shape index (κ3) is 1.25. The Labute approximate surface area is 52.6 Å². The molecule has 0 amide bonds. The SMILES string of the molecule is OSc1cc[c]cc1. The molecule has 2 heteroatoms. The molecule has 1 N–H and O–H groups in total. The van der Waals surface area contributed by atoms with E-state index in [1.807, 2.05) is 0 Å². The average molecular weight is 125 g/mol. The fourth-order valence-corrected chi connectivity index (χ4v) is 0.690. The second-order valence-electron chi connectivity index (χ2n) is 1.33. The number of hydrogen-bond donors (Lipinski definition) is 1. The first-order chi connectivity index (χ1) is 3.93. The second-order valence-corrected chi connectivity index (χ2v) is 1.98. The van der Waals surface area contributed by atoms with Gasteiger partial charge in [0.15, 0.2) is 0 Å². The fourth-order valence-electron chi connectivity index (χ4n) is 0.432. The molecule has 0 heterocycles. The summed E-state index contributed by atoms with van der Waals surface area (Å²) in [5, 5.41) is 0. The predicted octanol–water partition coefficient (Wildman–Crippen LogP) is 2.05. The van der Waals surface area contributed by atoms with E-state index < -0.39 is 0 Å². The van der Waals surface area contributed by atoms with Crippen molar-refractivity contribution < 1.29 is 4.55 Å². The van der Waals surface area contributed by atoms with Crippen LogP contribution in [0.3, 0.4) is 0 Å². The van der Waals surface area contributed by atoms with Crippen LogP contribution in [-0.2, 0) is 0 Å². The summed E-state index contributed by atoms with van der Waals surface area (Å²) in [5.41, 5.74) is 0. The van der Waals surface area contributed by atoms with Gasteiger partial charge in [0, 0.05) is 16.9 Å². The second kappa shape index (κ2) is 2.74. The van der Waals surface area contributed by atoms with E-state index in [1.54, 1.807) is 24.3 Å². The summed E-state index contributed by atoms with van der Waals surface area (Å²) in [7, 11) is 0. The molecule has 0 unspecified atom stereocenters. The largest absolute Gasteiger partial charge is 0.325 e. The normalized spacial score (nSPS) is 9.12. The predicted molar refractivity (Wildman–Crippen MR) is 33.8 cm³/mol. The van der Waals surface area contributed by atoms with Crippen molar-refractivity contribution in [3.05, 3.63) is 30.3 Å². The highest BCUT2D eigenvalue weighted by Gasteiger charge is 1.83. The van der Waals surface area contributed by atoms with Gasteiger partial charge in [-0.2, -0.15) is 0 Å². The Hall–Kier alpha value is -0.470. The van der Waals surface area contributed by atoms with Gasteiger partial charge in [0.25, 0.3) is 0 Å². The molecule has 1 nitrogen and oxygen atoms in total. The first kappa shape index (κ1) is 5.66. The smallest absolute Gasteiger partial charge is 0.0351 e. The third-order valence-corrected chi connectivity index (χ3v) is 1.28. The van der Waals surface area contributed by atoms with Crippen LogP contribution >= 0.6 is 12.0 Å². The van der Waals surface area contributed by atoms with Gasteiger partial charge < -0.3 is 4.55 Å². The summed E-state index contributed by atoms with van der Waals surface area (Å²) in [5.74, 6) is 0. The Morgan fingerprint density at radius 1 is 1.38 bits per heavy atom. The summed E-state index contributed by atoms with van der Waals surface area (Å²) in [6.07, 6.45) is 0. The van der Waals surface area contributed by atoms with Gasteiger partial charge in [-0.1, -0.05) is 12.1 Å². The maximum absolute atomic E-state index is 8.44. The molecule has 1 rings (SSSR count). The van der Waals surface area contributed by atoms with Gasteiger partial charge in [0.05, 0.1) is 0 Å². The Bertz CT molecular complexity index is 150. The van der Waals surface area contributed by atoms with E-state index in [9.17, 15) is 0 Å². The van der Waals surface area contributed by atoms with E-state index in [2.05, 4.69) is 6.07 Å². The van der Waals surface area contributed by atoms with Gasteiger partial charge in [0.1, 0.15) is 0 Å². The summed E-state index contributed by atoms with van der Waals surface area (Å²) in [6.45, 7) is 0. The number of hydrogen-bond acceptors (Lipinski definition) is 2. The van der Waals surface area contributed by atoms with E-state index in [0.29, 0.717) is 0 Å². The zero-order valence-corrected chi connectivity index (χ0v) is 4.98. The lowest BCUT2D eigenvalue weighted by Crippen LogP contribution is -1.63. The molecule has 0 atom stereocenters. The molecule has 0 bridgehead atoms. The molecule has 0 aliphatic rings. The average Bonchev–Trinajstić information content (AvgIpc) is 1.90. The van der Waals surface area contributed by atoms with Crippen LogP contribution in [0.2, 0.25) is 0 Å². The van der Waals surface area contributed by atoms with E-state index in [0.717, 1.165) is 16.9 Å². The molecule has 0 aliphatic heterocycles. The van der Waals surface area contributed by atoms with Gasteiger partial charge in [0.2, 0.25) is 0 Å². The van der Waals surface area contributed by atoms with Crippen molar-refractivity contribution in [1.29, 1.82) is 0 Å². The summed E-state index contributed by atoms with van der Waals surface area (Å²) < 4.78 is 8.44. The molecule has 0 spiro atoms. The van der Waals surface area contributed by atoms with Crippen LogP contribution in [0.15, 0.2) is 29.2 Å². The van der Waals surface area contributed by atoms with Crippen molar-refractivity contribution in [3.8, 4) is 0 Å². The van der Waals surface area contributed by atoms with E-state index >= 15 is 0 Å². The van der Waals surface area contributed by atoms with E-state index in [4.69, 9.17) is 4.55 Å². The lowest BCUT2D eigenvalue weighted by molar-refractivity contribution is 0.664. The molecule has 1 radical (unpaired) electrons. The van der Waals surface area contributed by atoms with Gasteiger partial charge in [-0.25, -0.2) is 0 Å². The van der Waals surface area contributed by atoms with Crippen molar-refractivity contribution >= 4 is 12.0 Å². The van der Waals surface area contributed by atoms with Crippen LogP contribution in [0.5, 0.6) is 0 Å². The Kier molecular flexibility index (Phi) is 1.94. The molecule has 8 heavy (non-hydrogen) atoms. The minimum Gasteiger partial charge on any atom is -0.325 e. The third-order valence-electron chi connectivity index (χ3n) is 0.793. The van der Waals surface area contributed by atoms with Crippen molar-refractivity contribution in [2.45, 2.75) is 4.90 Å². The standard InChI is InChI=1S/C6H5OS/c7-8-6-4-2-1-3-5-6/h2-5,7H. The maximum Gasteiger partial charge on any atom is 0.0351 e. The molecule has 0 saturated carbocycles. The zero-order chi connectivity index (χ0) is 5.82. The first-order valence-corrected chi connectivity index (χ1v) is 2.98. The van der Waals surface area contributed by atoms with Crippen molar-refractivity contribution in [2.75, 3.05) is 0 Å². The van der Waals surface area contributed by atoms with Crippen LogP contribution in [0.25, 0.3) is 0 Å². The van der Waals surface area contributed by atoms with E-state index in [-0.39, 0.29) is 0 Å². The van der Waals surface area contributed by atoms with Crippen molar-refractivity contribution in [2.24, 2.45) is 0 Å². The van der Waals surface area contributed by atoms with Crippen LogP contribution in [0.1, 0.15) is 0 Å².